The Morgan fingerprint density at radius 3 is 3.08 bits per heavy atom. The lowest BCUT2D eigenvalue weighted by molar-refractivity contribution is -0.115. The first kappa shape index (κ1) is 16.5. The van der Waals surface area contributed by atoms with Gasteiger partial charge in [0.25, 0.3) is 0 Å². The molecule has 3 rings (SSSR count). The second-order valence-corrected chi connectivity index (χ2v) is 6.58. The third kappa shape index (κ3) is 3.95. The molecular formula is C15H14ClN5O2S. The number of hydrogen-bond donors (Lipinski definition) is 1. The van der Waals surface area contributed by atoms with Gasteiger partial charge in [0.2, 0.25) is 5.91 Å². The number of halogens is 1. The molecule has 9 heteroatoms. The number of amides is 1. The lowest BCUT2D eigenvalue weighted by Crippen LogP contribution is -2.23. The molecule has 0 saturated carbocycles. The van der Waals surface area contributed by atoms with Crippen LogP contribution < -0.4 is 5.32 Å². The van der Waals surface area contributed by atoms with Gasteiger partial charge >= 0.3 is 0 Å². The second-order valence-electron chi connectivity index (χ2n) is 4.91. The van der Waals surface area contributed by atoms with Crippen LogP contribution in [0.25, 0.3) is 0 Å². The number of carbonyl (C=O) groups excluding carboxylic acids is 1. The smallest absolute Gasteiger partial charge is 0.237 e. The summed E-state index contributed by atoms with van der Waals surface area (Å²) in [6, 6.07) is 7.10. The SMILES string of the molecule is CC(Sc1nncn1Cc1ccco1)C(=O)Nc1cccnc1Cl. The maximum Gasteiger partial charge on any atom is 0.237 e. The van der Waals surface area contributed by atoms with E-state index in [0.717, 1.165) is 5.76 Å². The van der Waals surface area contributed by atoms with Crippen molar-refractivity contribution in [3.8, 4) is 0 Å². The largest absolute Gasteiger partial charge is 0.467 e. The van der Waals surface area contributed by atoms with E-state index in [0.29, 0.717) is 17.4 Å². The van der Waals surface area contributed by atoms with E-state index in [1.807, 2.05) is 16.7 Å². The molecule has 3 aromatic heterocycles. The van der Waals surface area contributed by atoms with Gasteiger partial charge in [-0.3, -0.25) is 4.79 Å². The van der Waals surface area contributed by atoms with Crippen LogP contribution in [0.5, 0.6) is 0 Å². The predicted molar refractivity (Wildman–Crippen MR) is 91.0 cm³/mol. The third-order valence-corrected chi connectivity index (χ3v) is 4.55. The molecule has 0 aromatic carbocycles. The van der Waals surface area contributed by atoms with Gasteiger partial charge in [-0.25, -0.2) is 4.98 Å². The van der Waals surface area contributed by atoms with Crippen molar-refractivity contribution in [3.63, 3.8) is 0 Å². The van der Waals surface area contributed by atoms with Gasteiger partial charge in [-0.1, -0.05) is 23.4 Å². The zero-order valence-corrected chi connectivity index (χ0v) is 14.3. The van der Waals surface area contributed by atoms with Crippen LogP contribution in [0.4, 0.5) is 5.69 Å². The first-order chi connectivity index (χ1) is 11.6. The van der Waals surface area contributed by atoms with Crippen molar-refractivity contribution in [1.82, 2.24) is 19.7 Å². The summed E-state index contributed by atoms with van der Waals surface area (Å²) in [6.07, 6.45) is 4.78. The minimum Gasteiger partial charge on any atom is -0.467 e. The molecule has 1 amide bonds. The number of nitrogens with zero attached hydrogens (tertiary/aromatic N) is 4. The lowest BCUT2D eigenvalue weighted by Gasteiger charge is -2.12. The van der Waals surface area contributed by atoms with E-state index in [4.69, 9.17) is 16.0 Å². The summed E-state index contributed by atoms with van der Waals surface area (Å²) in [5, 5.41) is 11.2. The Bertz CT molecular complexity index is 821. The summed E-state index contributed by atoms with van der Waals surface area (Å²) in [4.78, 5) is 16.3. The molecule has 24 heavy (non-hydrogen) atoms. The highest BCUT2D eigenvalue weighted by Gasteiger charge is 2.19. The van der Waals surface area contributed by atoms with E-state index in [1.54, 1.807) is 37.8 Å². The molecule has 0 saturated heterocycles. The van der Waals surface area contributed by atoms with E-state index >= 15 is 0 Å². The molecule has 1 unspecified atom stereocenters. The summed E-state index contributed by atoms with van der Waals surface area (Å²) >= 11 is 7.26. The molecule has 3 aromatic rings. The Hall–Kier alpha value is -2.32. The Kier molecular flexibility index (Phi) is 5.17. The molecule has 0 radical (unpaired) electrons. The number of aromatic nitrogens is 4. The number of furan rings is 1. The maximum atomic E-state index is 12.3. The maximum absolute atomic E-state index is 12.3. The standard InChI is InChI=1S/C15H14ClN5O2S/c1-10(14(22)19-12-5-2-6-17-13(12)16)24-15-20-18-9-21(15)8-11-4-3-7-23-11/h2-7,9-10H,8H2,1H3,(H,19,22). The topological polar surface area (TPSA) is 85.8 Å². The predicted octanol–water partition coefficient (Wildman–Crippen LogP) is 3.09. The number of rotatable bonds is 6. The molecule has 0 aliphatic rings. The van der Waals surface area contributed by atoms with Crippen molar-refractivity contribution >= 4 is 35.0 Å². The van der Waals surface area contributed by atoms with Crippen molar-refractivity contribution in [2.75, 3.05) is 5.32 Å². The zero-order chi connectivity index (χ0) is 16.9. The molecule has 0 fully saturated rings. The average Bonchev–Trinajstić information content (AvgIpc) is 3.22. The summed E-state index contributed by atoms with van der Waals surface area (Å²) in [5.74, 6) is 0.596. The van der Waals surface area contributed by atoms with Crippen molar-refractivity contribution in [3.05, 3.63) is 54.0 Å². The minimum atomic E-state index is -0.388. The van der Waals surface area contributed by atoms with Crippen LogP contribution in [0.2, 0.25) is 5.15 Å². The van der Waals surface area contributed by atoms with Crippen LogP contribution in [-0.2, 0) is 11.3 Å². The van der Waals surface area contributed by atoms with E-state index in [2.05, 4.69) is 20.5 Å². The van der Waals surface area contributed by atoms with E-state index in [1.165, 1.54) is 11.8 Å². The third-order valence-electron chi connectivity index (χ3n) is 3.15. The van der Waals surface area contributed by atoms with Crippen molar-refractivity contribution in [2.24, 2.45) is 0 Å². The van der Waals surface area contributed by atoms with Gasteiger partial charge in [0, 0.05) is 6.20 Å². The summed E-state index contributed by atoms with van der Waals surface area (Å²) in [7, 11) is 0. The van der Waals surface area contributed by atoms with Crippen molar-refractivity contribution < 1.29 is 9.21 Å². The van der Waals surface area contributed by atoms with Crippen LogP contribution in [0.3, 0.4) is 0 Å². The fourth-order valence-corrected chi connectivity index (χ4v) is 2.93. The van der Waals surface area contributed by atoms with Gasteiger partial charge in [-0.15, -0.1) is 10.2 Å². The molecule has 7 nitrogen and oxygen atoms in total. The summed E-state index contributed by atoms with van der Waals surface area (Å²) in [6.45, 7) is 2.29. The number of anilines is 1. The molecule has 1 N–H and O–H groups in total. The molecule has 1 atom stereocenters. The van der Waals surface area contributed by atoms with Crippen LogP contribution >= 0.6 is 23.4 Å². The van der Waals surface area contributed by atoms with Gasteiger partial charge < -0.3 is 14.3 Å². The first-order valence-electron chi connectivity index (χ1n) is 7.11. The fourth-order valence-electron chi connectivity index (χ4n) is 1.94. The van der Waals surface area contributed by atoms with Crippen LogP contribution in [0, 0.1) is 0 Å². The Balaban J connectivity index is 1.64. The minimum absolute atomic E-state index is 0.192. The lowest BCUT2D eigenvalue weighted by atomic mass is 10.4. The second kappa shape index (κ2) is 7.50. The number of thioether (sulfide) groups is 1. The van der Waals surface area contributed by atoms with Gasteiger partial charge in [0.15, 0.2) is 10.3 Å². The van der Waals surface area contributed by atoms with Gasteiger partial charge in [-0.2, -0.15) is 0 Å². The Morgan fingerprint density at radius 2 is 2.33 bits per heavy atom. The van der Waals surface area contributed by atoms with Crippen LogP contribution in [0.15, 0.2) is 52.6 Å². The fraction of sp³-hybridized carbons (Fsp3) is 0.200. The highest BCUT2D eigenvalue weighted by atomic mass is 35.5. The summed E-state index contributed by atoms with van der Waals surface area (Å²) in [5.41, 5.74) is 0.480. The normalized spacial score (nSPS) is 12.1. The van der Waals surface area contributed by atoms with E-state index in [9.17, 15) is 4.79 Å². The van der Waals surface area contributed by atoms with E-state index in [-0.39, 0.29) is 16.3 Å². The van der Waals surface area contributed by atoms with Crippen LogP contribution in [-0.4, -0.2) is 30.9 Å². The summed E-state index contributed by atoms with van der Waals surface area (Å²) < 4.78 is 7.14. The molecule has 0 spiro atoms. The molecule has 0 aliphatic heterocycles. The highest BCUT2D eigenvalue weighted by Crippen LogP contribution is 2.24. The quantitative estimate of drug-likeness (QED) is 0.535. The first-order valence-corrected chi connectivity index (χ1v) is 8.37. The van der Waals surface area contributed by atoms with Gasteiger partial charge in [-0.05, 0) is 31.2 Å². The van der Waals surface area contributed by atoms with Crippen molar-refractivity contribution in [1.29, 1.82) is 0 Å². The molecule has 0 aliphatic carbocycles. The number of pyridine rings is 1. The number of carbonyl (C=O) groups is 1. The highest BCUT2D eigenvalue weighted by molar-refractivity contribution is 8.00. The molecular weight excluding hydrogens is 350 g/mol. The Labute approximate surface area is 147 Å². The van der Waals surface area contributed by atoms with Crippen LogP contribution in [0.1, 0.15) is 12.7 Å². The molecule has 3 heterocycles. The van der Waals surface area contributed by atoms with Gasteiger partial charge in [0.1, 0.15) is 12.1 Å². The van der Waals surface area contributed by atoms with Gasteiger partial charge in [0.05, 0.1) is 23.7 Å². The van der Waals surface area contributed by atoms with Crippen molar-refractivity contribution in [2.45, 2.75) is 23.9 Å². The zero-order valence-electron chi connectivity index (χ0n) is 12.7. The Morgan fingerprint density at radius 1 is 1.46 bits per heavy atom. The molecule has 124 valence electrons. The van der Waals surface area contributed by atoms with E-state index < -0.39 is 0 Å². The molecule has 0 bridgehead atoms. The number of hydrogen-bond acceptors (Lipinski definition) is 6. The number of nitrogens with one attached hydrogen (secondary N) is 1. The average molecular weight is 364 g/mol. The monoisotopic (exact) mass is 363 g/mol.